The van der Waals surface area contributed by atoms with Crippen LogP contribution in [0.2, 0.25) is 0 Å². The van der Waals surface area contributed by atoms with Crippen molar-refractivity contribution in [1.82, 2.24) is 9.38 Å². The van der Waals surface area contributed by atoms with Crippen LogP contribution in [-0.4, -0.2) is 14.3 Å². The zero-order chi connectivity index (χ0) is 16.4. The summed E-state index contributed by atoms with van der Waals surface area (Å²) < 4.78 is 1.81. The van der Waals surface area contributed by atoms with Crippen LogP contribution < -0.4 is 0 Å². The van der Waals surface area contributed by atoms with Gasteiger partial charge in [-0.15, -0.1) is 0 Å². The van der Waals surface area contributed by atoms with Gasteiger partial charge in [-0.25, -0.2) is 4.98 Å². The number of pyridine rings is 1. The zero-order valence-electron chi connectivity index (χ0n) is 13.3. The van der Waals surface area contributed by atoms with Gasteiger partial charge in [-0.05, 0) is 12.1 Å². The first-order valence-electron chi connectivity index (χ1n) is 7.05. The smallest absolute Gasteiger partial charge is 0.252 e. The summed E-state index contributed by atoms with van der Waals surface area (Å²) in [4.78, 5) is 14.6. The van der Waals surface area contributed by atoms with E-state index in [4.69, 9.17) is 0 Å². The molecule has 0 N–H and O–H groups in total. The number of fused-ring (bicyclic) bond motifs is 1. The molecule has 0 bridgehead atoms. The number of nitro groups is 1. The van der Waals surface area contributed by atoms with Crippen molar-refractivity contribution in [3.8, 4) is 0 Å². The minimum absolute atomic E-state index is 0.0448. The van der Waals surface area contributed by atoms with Gasteiger partial charge < -0.3 is 4.40 Å². The second-order valence-electron chi connectivity index (χ2n) is 3.55. The van der Waals surface area contributed by atoms with Gasteiger partial charge in [-0.3, -0.25) is 10.1 Å². The molecule has 5 heteroatoms. The molecule has 0 saturated heterocycles. The minimum Gasteiger partial charge on any atom is -0.306 e. The Kier molecular flexibility index (Phi) is 8.37. The van der Waals surface area contributed by atoms with E-state index < -0.39 is 4.92 Å². The van der Waals surface area contributed by atoms with Crippen LogP contribution in [0.4, 0.5) is 0 Å². The minimum atomic E-state index is -0.430. The Bertz CT molecular complexity index is 594. The van der Waals surface area contributed by atoms with Gasteiger partial charge in [0.1, 0.15) is 5.65 Å². The first kappa shape index (κ1) is 18.6. The van der Waals surface area contributed by atoms with E-state index in [1.54, 1.807) is 6.20 Å². The van der Waals surface area contributed by atoms with Gasteiger partial charge in [0.15, 0.2) is 0 Å². The number of aromatic nitrogens is 2. The van der Waals surface area contributed by atoms with Crippen molar-refractivity contribution in [2.24, 2.45) is 0 Å². The Morgan fingerprint density at radius 2 is 1.95 bits per heavy atom. The molecule has 2 heterocycles. The molecule has 0 spiro atoms. The van der Waals surface area contributed by atoms with Crippen LogP contribution in [-0.2, 0) is 0 Å². The van der Waals surface area contributed by atoms with E-state index in [0.29, 0.717) is 11.3 Å². The summed E-state index contributed by atoms with van der Waals surface area (Å²) in [6, 6.07) is 5.57. The van der Waals surface area contributed by atoms with Crippen LogP contribution in [0.1, 0.15) is 40.3 Å². The molecule has 0 fully saturated rings. The van der Waals surface area contributed by atoms with E-state index >= 15 is 0 Å². The Morgan fingerprint density at radius 3 is 2.43 bits per heavy atom. The number of rotatable bonds is 3. The summed E-state index contributed by atoms with van der Waals surface area (Å²) >= 11 is 0. The topological polar surface area (TPSA) is 60.4 Å². The molecular weight excluding hydrogens is 266 g/mol. The molecule has 0 radical (unpaired) electrons. The van der Waals surface area contributed by atoms with Gasteiger partial charge in [-0.2, -0.15) is 0 Å². The highest BCUT2D eigenvalue weighted by Crippen LogP contribution is 2.19. The van der Waals surface area contributed by atoms with Crippen molar-refractivity contribution >= 4 is 11.2 Å². The van der Waals surface area contributed by atoms with E-state index in [2.05, 4.69) is 11.6 Å². The number of imidazole rings is 1. The first-order valence-corrected chi connectivity index (χ1v) is 7.05. The fourth-order valence-corrected chi connectivity index (χ4v) is 1.60. The van der Waals surface area contributed by atoms with Crippen LogP contribution in [0.5, 0.6) is 0 Å². The predicted molar refractivity (Wildman–Crippen MR) is 87.7 cm³/mol. The lowest BCUT2D eigenvalue weighted by Gasteiger charge is -1.96. The third-order valence-corrected chi connectivity index (χ3v) is 2.51. The molecule has 114 valence electrons. The SMILES string of the molecule is C=C/C(=C(\C)[N+](=O)[O-])c1cn2ccccc2n1.CC.CC. The van der Waals surface area contributed by atoms with E-state index in [0.717, 1.165) is 5.65 Å². The Labute approximate surface area is 125 Å². The molecule has 0 unspecified atom stereocenters. The Balaban J connectivity index is 0.000000921. The number of hydrogen-bond donors (Lipinski definition) is 0. The summed E-state index contributed by atoms with van der Waals surface area (Å²) in [5.74, 6) is 0. The van der Waals surface area contributed by atoms with Crippen LogP contribution in [0.15, 0.2) is 48.9 Å². The summed E-state index contributed by atoms with van der Waals surface area (Å²) in [6.45, 7) is 13.0. The molecular formula is C16H23N3O2. The summed E-state index contributed by atoms with van der Waals surface area (Å²) in [5, 5.41) is 10.8. The van der Waals surface area contributed by atoms with Crippen LogP contribution >= 0.6 is 0 Å². The van der Waals surface area contributed by atoms with Crippen molar-refractivity contribution in [2.75, 3.05) is 0 Å². The van der Waals surface area contributed by atoms with Gasteiger partial charge in [0, 0.05) is 19.3 Å². The molecule has 0 aromatic carbocycles. The lowest BCUT2D eigenvalue weighted by atomic mass is 10.1. The number of nitrogens with zero attached hydrogens (tertiary/aromatic N) is 3. The average molecular weight is 289 g/mol. The van der Waals surface area contributed by atoms with Crippen LogP contribution in [0, 0.1) is 10.1 Å². The largest absolute Gasteiger partial charge is 0.306 e. The van der Waals surface area contributed by atoms with Crippen LogP contribution in [0.3, 0.4) is 0 Å². The maximum Gasteiger partial charge on any atom is 0.252 e. The molecule has 0 aliphatic rings. The molecule has 5 nitrogen and oxygen atoms in total. The molecule has 0 aliphatic carbocycles. The quantitative estimate of drug-likeness (QED) is 0.472. The highest BCUT2D eigenvalue weighted by Gasteiger charge is 2.14. The maximum absolute atomic E-state index is 10.8. The van der Waals surface area contributed by atoms with Crippen molar-refractivity contribution in [3.63, 3.8) is 0 Å². The molecule has 0 atom stereocenters. The zero-order valence-corrected chi connectivity index (χ0v) is 13.3. The average Bonchev–Trinajstić information content (AvgIpc) is 2.95. The third kappa shape index (κ3) is 4.56. The van der Waals surface area contributed by atoms with Crippen molar-refractivity contribution < 1.29 is 4.92 Å². The maximum atomic E-state index is 10.8. The van der Waals surface area contributed by atoms with Gasteiger partial charge >= 0.3 is 0 Å². The second-order valence-corrected chi connectivity index (χ2v) is 3.55. The number of allylic oxidation sites excluding steroid dienone is 3. The standard InChI is InChI=1S/C12H11N3O2.2C2H6/c1-3-10(9(2)15(16)17)11-8-14-7-5-4-6-12(14)13-11;2*1-2/h3-8H,1H2,2H3;2*1-2H3/b10-9-;;. The fraction of sp³-hybridized carbons (Fsp3) is 0.312. The van der Waals surface area contributed by atoms with E-state index in [1.165, 1.54) is 13.0 Å². The monoisotopic (exact) mass is 289 g/mol. The summed E-state index contributed by atoms with van der Waals surface area (Å²) in [7, 11) is 0. The van der Waals surface area contributed by atoms with E-state index in [-0.39, 0.29) is 5.70 Å². The van der Waals surface area contributed by atoms with E-state index in [9.17, 15) is 10.1 Å². The molecule has 0 saturated carbocycles. The van der Waals surface area contributed by atoms with Crippen LogP contribution in [0.25, 0.3) is 11.2 Å². The fourth-order valence-electron chi connectivity index (χ4n) is 1.60. The van der Waals surface area contributed by atoms with Gasteiger partial charge in [0.25, 0.3) is 5.70 Å². The highest BCUT2D eigenvalue weighted by molar-refractivity contribution is 5.73. The normalized spacial score (nSPS) is 10.5. The molecule has 21 heavy (non-hydrogen) atoms. The van der Waals surface area contributed by atoms with Gasteiger partial charge in [0.05, 0.1) is 16.2 Å². The van der Waals surface area contributed by atoms with E-state index in [1.807, 2.05) is 56.5 Å². The Hall–Kier alpha value is -2.43. The molecule has 2 rings (SSSR count). The molecule has 2 aromatic rings. The lowest BCUT2D eigenvalue weighted by molar-refractivity contribution is -0.423. The second kappa shape index (κ2) is 9.47. The van der Waals surface area contributed by atoms with Gasteiger partial charge in [0.2, 0.25) is 0 Å². The molecule has 0 aliphatic heterocycles. The highest BCUT2D eigenvalue weighted by atomic mass is 16.6. The van der Waals surface area contributed by atoms with Crippen molar-refractivity contribution in [2.45, 2.75) is 34.6 Å². The molecule has 2 aromatic heterocycles. The summed E-state index contributed by atoms with van der Waals surface area (Å²) in [6.07, 6.45) is 5.05. The van der Waals surface area contributed by atoms with Gasteiger partial charge in [-0.1, -0.05) is 46.4 Å². The first-order chi connectivity index (χ1) is 10.1. The predicted octanol–water partition coefficient (Wildman–Crippen LogP) is 4.58. The third-order valence-electron chi connectivity index (χ3n) is 2.51. The van der Waals surface area contributed by atoms with Crippen molar-refractivity contribution in [1.29, 1.82) is 0 Å². The summed E-state index contributed by atoms with van der Waals surface area (Å²) in [5.41, 5.74) is 1.79. The number of hydrogen-bond acceptors (Lipinski definition) is 3. The lowest BCUT2D eigenvalue weighted by Crippen LogP contribution is -1.98. The van der Waals surface area contributed by atoms with Crippen molar-refractivity contribution in [3.05, 3.63) is 64.8 Å². The Morgan fingerprint density at radius 1 is 1.33 bits per heavy atom. The molecule has 0 amide bonds.